The minimum atomic E-state index is -0.515. The van der Waals surface area contributed by atoms with Gasteiger partial charge in [-0.1, -0.05) is 42.0 Å². The molecule has 0 aliphatic heterocycles. The maximum Gasteiger partial charge on any atom is 0.119 e. The Morgan fingerprint density at radius 3 is 2.32 bits per heavy atom. The Bertz CT molecular complexity index is 561. The van der Waals surface area contributed by atoms with Gasteiger partial charge in [0.2, 0.25) is 0 Å². The lowest BCUT2D eigenvalue weighted by Gasteiger charge is -2.26. The van der Waals surface area contributed by atoms with Crippen LogP contribution in [0.2, 0.25) is 0 Å². The Labute approximate surface area is 115 Å². The molecule has 1 atom stereocenters. The van der Waals surface area contributed by atoms with Gasteiger partial charge in [-0.25, -0.2) is 0 Å². The summed E-state index contributed by atoms with van der Waals surface area (Å²) < 4.78 is 5.55. The molecule has 2 aromatic rings. The molecule has 0 saturated carbocycles. The van der Waals surface area contributed by atoms with Crippen LogP contribution in [0.3, 0.4) is 0 Å². The Hall–Kier alpha value is -1.80. The number of benzene rings is 2. The predicted molar refractivity (Wildman–Crippen MR) is 79.4 cm³/mol. The molecule has 2 N–H and O–H groups in total. The molecule has 0 saturated heterocycles. The molecule has 0 heterocycles. The number of rotatable bonds is 4. The molecular formula is C17H21NO. The summed E-state index contributed by atoms with van der Waals surface area (Å²) in [6.45, 7) is 6.76. The summed E-state index contributed by atoms with van der Waals surface area (Å²) in [6, 6.07) is 16.3. The van der Waals surface area contributed by atoms with Gasteiger partial charge in [-0.05, 0) is 44.0 Å². The van der Waals surface area contributed by atoms with Crippen molar-refractivity contribution in [2.75, 3.05) is 6.61 Å². The van der Waals surface area contributed by atoms with Gasteiger partial charge >= 0.3 is 0 Å². The van der Waals surface area contributed by atoms with E-state index < -0.39 is 5.54 Å². The molecule has 0 bridgehead atoms. The molecule has 100 valence electrons. The second-order valence-electron chi connectivity index (χ2n) is 5.03. The van der Waals surface area contributed by atoms with Crippen LogP contribution in [0.5, 0.6) is 5.75 Å². The van der Waals surface area contributed by atoms with Crippen molar-refractivity contribution in [2.24, 2.45) is 5.73 Å². The van der Waals surface area contributed by atoms with E-state index in [4.69, 9.17) is 10.5 Å². The van der Waals surface area contributed by atoms with Crippen molar-refractivity contribution >= 4 is 0 Å². The van der Waals surface area contributed by atoms with Crippen LogP contribution in [-0.4, -0.2) is 6.61 Å². The monoisotopic (exact) mass is 255 g/mol. The Morgan fingerprint density at radius 2 is 1.68 bits per heavy atom. The minimum absolute atomic E-state index is 0.515. The van der Waals surface area contributed by atoms with Crippen LogP contribution < -0.4 is 10.5 Å². The first-order valence-corrected chi connectivity index (χ1v) is 6.63. The van der Waals surface area contributed by atoms with Gasteiger partial charge in [-0.3, -0.25) is 0 Å². The van der Waals surface area contributed by atoms with Gasteiger partial charge in [0.25, 0.3) is 0 Å². The fraction of sp³-hybridized carbons (Fsp3) is 0.294. The lowest BCUT2D eigenvalue weighted by molar-refractivity contribution is 0.339. The van der Waals surface area contributed by atoms with E-state index in [9.17, 15) is 0 Å². The van der Waals surface area contributed by atoms with Crippen LogP contribution >= 0.6 is 0 Å². The van der Waals surface area contributed by atoms with Crippen LogP contribution in [0.15, 0.2) is 48.5 Å². The molecule has 2 rings (SSSR count). The van der Waals surface area contributed by atoms with Gasteiger partial charge in [0, 0.05) is 0 Å². The maximum absolute atomic E-state index is 6.54. The van der Waals surface area contributed by atoms with Gasteiger partial charge in [-0.2, -0.15) is 0 Å². The second kappa shape index (κ2) is 5.45. The molecular weight excluding hydrogens is 234 g/mol. The van der Waals surface area contributed by atoms with Crippen molar-refractivity contribution in [3.8, 4) is 5.75 Å². The van der Waals surface area contributed by atoms with Crippen molar-refractivity contribution in [1.29, 1.82) is 0 Å². The van der Waals surface area contributed by atoms with E-state index in [1.807, 2.05) is 44.2 Å². The summed E-state index contributed by atoms with van der Waals surface area (Å²) in [5.41, 5.74) is 9.41. The fourth-order valence-electron chi connectivity index (χ4n) is 2.21. The summed E-state index contributed by atoms with van der Waals surface area (Å²) >= 11 is 0. The van der Waals surface area contributed by atoms with Crippen molar-refractivity contribution in [2.45, 2.75) is 26.3 Å². The van der Waals surface area contributed by atoms with E-state index in [1.165, 1.54) is 5.56 Å². The third kappa shape index (κ3) is 2.96. The first-order chi connectivity index (χ1) is 9.04. The summed E-state index contributed by atoms with van der Waals surface area (Å²) in [6.07, 6.45) is 0. The van der Waals surface area contributed by atoms with Crippen molar-refractivity contribution in [3.63, 3.8) is 0 Å². The number of nitrogens with two attached hydrogens (primary N) is 1. The highest BCUT2D eigenvalue weighted by atomic mass is 16.5. The smallest absolute Gasteiger partial charge is 0.119 e. The van der Waals surface area contributed by atoms with Gasteiger partial charge in [0.05, 0.1) is 12.1 Å². The first-order valence-electron chi connectivity index (χ1n) is 6.63. The molecule has 2 heteroatoms. The zero-order valence-corrected chi connectivity index (χ0v) is 11.8. The van der Waals surface area contributed by atoms with Gasteiger partial charge in [0.1, 0.15) is 5.75 Å². The van der Waals surface area contributed by atoms with Crippen molar-refractivity contribution in [1.82, 2.24) is 0 Å². The molecule has 2 aromatic carbocycles. The average molecular weight is 255 g/mol. The molecule has 1 unspecified atom stereocenters. The van der Waals surface area contributed by atoms with Crippen LogP contribution in [0.25, 0.3) is 0 Å². The van der Waals surface area contributed by atoms with Crippen molar-refractivity contribution in [3.05, 3.63) is 65.2 Å². The van der Waals surface area contributed by atoms with Gasteiger partial charge in [-0.15, -0.1) is 0 Å². The molecule has 19 heavy (non-hydrogen) atoms. The van der Waals surface area contributed by atoms with E-state index in [-0.39, 0.29) is 0 Å². The predicted octanol–water partition coefficient (Wildman–Crippen LogP) is 3.62. The van der Waals surface area contributed by atoms with Crippen LogP contribution in [0, 0.1) is 6.92 Å². The maximum atomic E-state index is 6.54. The highest BCUT2D eigenvalue weighted by Gasteiger charge is 2.24. The Kier molecular flexibility index (Phi) is 3.91. The zero-order chi connectivity index (χ0) is 13.9. The largest absolute Gasteiger partial charge is 0.494 e. The van der Waals surface area contributed by atoms with E-state index >= 15 is 0 Å². The molecule has 0 amide bonds. The summed E-state index contributed by atoms with van der Waals surface area (Å²) in [5.74, 6) is 0.865. The quantitative estimate of drug-likeness (QED) is 0.905. The van der Waals surface area contributed by atoms with Gasteiger partial charge < -0.3 is 10.5 Å². The van der Waals surface area contributed by atoms with Gasteiger partial charge in [0.15, 0.2) is 0 Å². The minimum Gasteiger partial charge on any atom is -0.494 e. The molecule has 2 nitrogen and oxygen atoms in total. The SMILES string of the molecule is CCOc1cccc(C(C)(N)c2cccc(C)c2)c1. The highest BCUT2D eigenvalue weighted by molar-refractivity contribution is 5.41. The second-order valence-corrected chi connectivity index (χ2v) is 5.03. The van der Waals surface area contributed by atoms with Crippen LogP contribution in [-0.2, 0) is 5.54 Å². The van der Waals surface area contributed by atoms with E-state index in [2.05, 4.69) is 25.1 Å². The third-order valence-corrected chi connectivity index (χ3v) is 3.36. The number of hydrogen-bond donors (Lipinski definition) is 1. The Balaban J connectivity index is 2.41. The molecule has 0 aromatic heterocycles. The summed E-state index contributed by atoms with van der Waals surface area (Å²) in [5, 5.41) is 0. The highest BCUT2D eigenvalue weighted by Crippen LogP contribution is 2.29. The topological polar surface area (TPSA) is 35.2 Å². The van der Waals surface area contributed by atoms with E-state index in [0.29, 0.717) is 6.61 Å². The lowest BCUT2D eigenvalue weighted by atomic mass is 9.85. The first kappa shape index (κ1) is 13.6. The average Bonchev–Trinajstić information content (AvgIpc) is 2.39. The van der Waals surface area contributed by atoms with Crippen molar-refractivity contribution < 1.29 is 4.74 Å². The standard InChI is InChI=1S/C17H21NO/c1-4-19-16-10-6-9-15(12-16)17(3,18)14-8-5-7-13(2)11-14/h5-12H,4,18H2,1-3H3. The number of hydrogen-bond acceptors (Lipinski definition) is 2. The normalized spacial score (nSPS) is 13.9. The fourth-order valence-corrected chi connectivity index (χ4v) is 2.21. The third-order valence-electron chi connectivity index (χ3n) is 3.36. The van der Waals surface area contributed by atoms with E-state index in [1.54, 1.807) is 0 Å². The Morgan fingerprint density at radius 1 is 1.05 bits per heavy atom. The van der Waals surface area contributed by atoms with Crippen LogP contribution in [0.1, 0.15) is 30.5 Å². The number of aryl methyl sites for hydroxylation is 1. The molecule has 0 aliphatic rings. The van der Waals surface area contributed by atoms with E-state index in [0.717, 1.165) is 16.9 Å². The lowest BCUT2D eigenvalue weighted by Crippen LogP contribution is -2.34. The number of ether oxygens (including phenoxy) is 1. The zero-order valence-electron chi connectivity index (χ0n) is 11.8. The summed E-state index contributed by atoms with van der Waals surface area (Å²) in [7, 11) is 0. The molecule has 0 radical (unpaired) electrons. The molecule has 0 fully saturated rings. The summed E-state index contributed by atoms with van der Waals surface area (Å²) in [4.78, 5) is 0. The molecule has 0 spiro atoms. The van der Waals surface area contributed by atoms with Crippen LogP contribution in [0.4, 0.5) is 0 Å². The molecule has 0 aliphatic carbocycles.